The van der Waals surface area contributed by atoms with E-state index < -0.39 is 0 Å². The standard InChI is InChI=1S/C20H29N/c1-3-4-5-6-7-8-13-20(21-2)19-15-14-17-11-9-10-12-18(17)16-19/h9-12,14-16,20-21H,3-8,13H2,1-2H3. The van der Waals surface area contributed by atoms with Gasteiger partial charge in [-0.15, -0.1) is 0 Å². The number of unbranched alkanes of at least 4 members (excludes halogenated alkanes) is 5. The minimum absolute atomic E-state index is 0.487. The van der Waals surface area contributed by atoms with Crippen LogP contribution in [0.1, 0.15) is 63.5 Å². The summed E-state index contributed by atoms with van der Waals surface area (Å²) >= 11 is 0. The topological polar surface area (TPSA) is 12.0 Å². The first kappa shape index (κ1) is 16.0. The van der Waals surface area contributed by atoms with Gasteiger partial charge in [0.1, 0.15) is 0 Å². The van der Waals surface area contributed by atoms with E-state index in [0.717, 1.165) is 0 Å². The Morgan fingerprint density at radius 3 is 2.33 bits per heavy atom. The van der Waals surface area contributed by atoms with Gasteiger partial charge >= 0.3 is 0 Å². The van der Waals surface area contributed by atoms with E-state index in [2.05, 4.69) is 61.8 Å². The third kappa shape index (κ3) is 4.86. The van der Waals surface area contributed by atoms with Crippen LogP contribution in [0.25, 0.3) is 10.8 Å². The Balaban J connectivity index is 1.89. The molecule has 2 aromatic carbocycles. The van der Waals surface area contributed by atoms with Crippen LogP contribution in [0.4, 0.5) is 0 Å². The zero-order valence-electron chi connectivity index (χ0n) is 13.6. The molecule has 0 saturated carbocycles. The monoisotopic (exact) mass is 283 g/mol. The highest BCUT2D eigenvalue weighted by molar-refractivity contribution is 5.83. The summed E-state index contributed by atoms with van der Waals surface area (Å²) in [6.07, 6.45) is 9.43. The van der Waals surface area contributed by atoms with Crippen LogP contribution in [0, 0.1) is 0 Å². The van der Waals surface area contributed by atoms with Crippen LogP contribution in [-0.2, 0) is 0 Å². The zero-order valence-corrected chi connectivity index (χ0v) is 13.6. The van der Waals surface area contributed by atoms with Gasteiger partial charge in [-0.05, 0) is 35.9 Å². The number of hydrogen-bond acceptors (Lipinski definition) is 1. The Bertz CT molecular complexity index is 532. The van der Waals surface area contributed by atoms with E-state index >= 15 is 0 Å². The average molecular weight is 283 g/mol. The van der Waals surface area contributed by atoms with Gasteiger partial charge in [-0.1, -0.05) is 81.8 Å². The van der Waals surface area contributed by atoms with Gasteiger partial charge in [-0.25, -0.2) is 0 Å². The molecule has 0 aliphatic heterocycles. The summed E-state index contributed by atoms with van der Waals surface area (Å²) < 4.78 is 0. The fourth-order valence-corrected chi connectivity index (χ4v) is 3.03. The van der Waals surface area contributed by atoms with Crippen LogP contribution >= 0.6 is 0 Å². The van der Waals surface area contributed by atoms with Crippen LogP contribution in [0.15, 0.2) is 42.5 Å². The Kier molecular flexibility index (Phi) is 6.75. The van der Waals surface area contributed by atoms with Gasteiger partial charge < -0.3 is 5.32 Å². The van der Waals surface area contributed by atoms with E-state index in [0.29, 0.717) is 6.04 Å². The maximum Gasteiger partial charge on any atom is 0.0317 e. The Hall–Kier alpha value is -1.34. The summed E-state index contributed by atoms with van der Waals surface area (Å²) in [5, 5.41) is 6.16. The van der Waals surface area contributed by atoms with E-state index in [4.69, 9.17) is 0 Å². The van der Waals surface area contributed by atoms with E-state index in [1.54, 1.807) is 0 Å². The van der Waals surface area contributed by atoms with Crippen molar-refractivity contribution >= 4 is 10.8 Å². The lowest BCUT2D eigenvalue weighted by molar-refractivity contribution is 0.498. The van der Waals surface area contributed by atoms with E-state index in [1.165, 1.54) is 61.3 Å². The SMILES string of the molecule is CCCCCCCCC(NC)c1ccc2ccccc2c1. The maximum atomic E-state index is 3.49. The first-order valence-electron chi connectivity index (χ1n) is 8.51. The van der Waals surface area contributed by atoms with Crippen molar-refractivity contribution in [1.82, 2.24) is 5.32 Å². The fourth-order valence-electron chi connectivity index (χ4n) is 3.03. The van der Waals surface area contributed by atoms with Crippen molar-refractivity contribution in [2.75, 3.05) is 7.05 Å². The number of nitrogens with one attached hydrogen (secondary N) is 1. The predicted molar refractivity (Wildman–Crippen MR) is 93.7 cm³/mol. The van der Waals surface area contributed by atoms with Gasteiger partial charge in [-0.2, -0.15) is 0 Å². The molecule has 1 nitrogen and oxygen atoms in total. The van der Waals surface area contributed by atoms with E-state index in [1.807, 2.05) is 0 Å². The van der Waals surface area contributed by atoms with Crippen molar-refractivity contribution in [2.45, 2.75) is 57.9 Å². The summed E-state index contributed by atoms with van der Waals surface area (Å²) in [6.45, 7) is 2.27. The molecule has 0 aliphatic carbocycles. The summed E-state index contributed by atoms with van der Waals surface area (Å²) in [6, 6.07) is 16.0. The van der Waals surface area contributed by atoms with Crippen molar-refractivity contribution < 1.29 is 0 Å². The second kappa shape index (κ2) is 8.84. The molecule has 1 heteroatoms. The Morgan fingerprint density at radius 1 is 0.857 bits per heavy atom. The highest BCUT2D eigenvalue weighted by Crippen LogP contribution is 2.24. The number of fused-ring (bicyclic) bond motifs is 1. The van der Waals surface area contributed by atoms with Crippen LogP contribution in [-0.4, -0.2) is 7.05 Å². The summed E-state index contributed by atoms with van der Waals surface area (Å²) in [5.41, 5.74) is 1.42. The average Bonchev–Trinajstić information content (AvgIpc) is 2.54. The molecule has 0 saturated heterocycles. The first-order chi connectivity index (χ1) is 10.3. The van der Waals surface area contributed by atoms with E-state index in [9.17, 15) is 0 Å². The first-order valence-corrected chi connectivity index (χ1v) is 8.51. The molecule has 0 bridgehead atoms. The van der Waals surface area contributed by atoms with Gasteiger partial charge in [0.05, 0.1) is 0 Å². The molecule has 0 fully saturated rings. The minimum atomic E-state index is 0.487. The fraction of sp³-hybridized carbons (Fsp3) is 0.500. The second-order valence-electron chi connectivity index (χ2n) is 6.00. The summed E-state index contributed by atoms with van der Waals surface area (Å²) in [4.78, 5) is 0. The lowest BCUT2D eigenvalue weighted by atomic mass is 9.97. The van der Waals surface area contributed by atoms with Gasteiger partial charge in [0.15, 0.2) is 0 Å². The van der Waals surface area contributed by atoms with E-state index in [-0.39, 0.29) is 0 Å². The lowest BCUT2D eigenvalue weighted by Crippen LogP contribution is -2.16. The molecular formula is C20H29N. The van der Waals surface area contributed by atoms with Crippen molar-refractivity contribution in [2.24, 2.45) is 0 Å². The van der Waals surface area contributed by atoms with Gasteiger partial charge in [0.2, 0.25) is 0 Å². The highest BCUT2D eigenvalue weighted by atomic mass is 14.9. The molecule has 21 heavy (non-hydrogen) atoms. The molecular weight excluding hydrogens is 254 g/mol. The quantitative estimate of drug-likeness (QED) is 0.569. The Labute approximate surface area is 129 Å². The molecule has 0 heterocycles. The number of rotatable bonds is 9. The summed E-state index contributed by atoms with van der Waals surface area (Å²) in [7, 11) is 2.08. The maximum absolute atomic E-state index is 3.49. The third-order valence-electron chi connectivity index (χ3n) is 4.37. The van der Waals surface area contributed by atoms with Crippen LogP contribution < -0.4 is 5.32 Å². The molecule has 0 aromatic heterocycles. The molecule has 0 aliphatic rings. The van der Waals surface area contributed by atoms with Gasteiger partial charge in [0, 0.05) is 6.04 Å². The van der Waals surface area contributed by atoms with Crippen molar-refractivity contribution in [3.05, 3.63) is 48.0 Å². The van der Waals surface area contributed by atoms with Gasteiger partial charge in [0.25, 0.3) is 0 Å². The lowest BCUT2D eigenvalue weighted by Gasteiger charge is -2.17. The van der Waals surface area contributed by atoms with Gasteiger partial charge in [-0.3, -0.25) is 0 Å². The predicted octanol–water partition coefficient (Wildman–Crippen LogP) is 5.85. The number of hydrogen-bond donors (Lipinski definition) is 1. The zero-order chi connectivity index (χ0) is 14.9. The van der Waals surface area contributed by atoms with Crippen molar-refractivity contribution in [1.29, 1.82) is 0 Å². The minimum Gasteiger partial charge on any atom is -0.313 e. The largest absolute Gasteiger partial charge is 0.313 e. The molecule has 0 radical (unpaired) electrons. The van der Waals surface area contributed by atoms with Crippen LogP contribution in [0.3, 0.4) is 0 Å². The normalized spacial score (nSPS) is 12.7. The smallest absolute Gasteiger partial charge is 0.0317 e. The molecule has 2 aromatic rings. The summed E-state index contributed by atoms with van der Waals surface area (Å²) in [5.74, 6) is 0. The van der Waals surface area contributed by atoms with Crippen molar-refractivity contribution in [3.63, 3.8) is 0 Å². The molecule has 0 amide bonds. The third-order valence-corrected chi connectivity index (χ3v) is 4.37. The van der Waals surface area contributed by atoms with Crippen LogP contribution in [0.5, 0.6) is 0 Å². The van der Waals surface area contributed by atoms with Crippen molar-refractivity contribution in [3.8, 4) is 0 Å². The molecule has 1 atom stereocenters. The molecule has 114 valence electrons. The second-order valence-corrected chi connectivity index (χ2v) is 6.00. The molecule has 2 rings (SSSR count). The molecule has 1 unspecified atom stereocenters. The highest BCUT2D eigenvalue weighted by Gasteiger charge is 2.09. The molecule has 1 N–H and O–H groups in total. The molecule has 0 spiro atoms. The number of benzene rings is 2. The Morgan fingerprint density at radius 2 is 1.57 bits per heavy atom. The van der Waals surface area contributed by atoms with Crippen LogP contribution in [0.2, 0.25) is 0 Å².